The van der Waals surface area contributed by atoms with Gasteiger partial charge in [0, 0.05) is 25.2 Å². The number of rotatable bonds is 0. The first-order valence-electron chi connectivity index (χ1n) is 6.12. The summed E-state index contributed by atoms with van der Waals surface area (Å²) in [5, 5.41) is 3.89. The monoisotopic (exact) mass is 265 g/mol. The molecule has 1 saturated heterocycles. The van der Waals surface area contributed by atoms with Gasteiger partial charge in [-0.1, -0.05) is 11.6 Å². The maximum absolute atomic E-state index is 12.2. The van der Waals surface area contributed by atoms with Crippen LogP contribution in [-0.4, -0.2) is 38.6 Å². The third kappa shape index (κ3) is 1.60. The first-order valence-corrected chi connectivity index (χ1v) is 6.50. The van der Waals surface area contributed by atoms with Crippen LogP contribution in [0.5, 0.6) is 0 Å². The average molecular weight is 266 g/mol. The van der Waals surface area contributed by atoms with Crippen LogP contribution in [0.2, 0.25) is 5.02 Å². The predicted octanol–water partition coefficient (Wildman–Crippen LogP) is 1.40. The van der Waals surface area contributed by atoms with Gasteiger partial charge in [-0.3, -0.25) is 4.79 Å². The van der Waals surface area contributed by atoms with Crippen molar-refractivity contribution >= 4 is 28.9 Å². The lowest BCUT2D eigenvalue weighted by atomic mass is 10.0. The van der Waals surface area contributed by atoms with Crippen molar-refractivity contribution in [2.45, 2.75) is 13.0 Å². The fourth-order valence-electron chi connectivity index (χ4n) is 2.87. The molecule has 1 amide bonds. The lowest BCUT2D eigenvalue weighted by Crippen LogP contribution is -2.61. The number of anilines is 2. The van der Waals surface area contributed by atoms with Crippen molar-refractivity contribution < 1.29 is 4.79 Å². The molecule has 1 fully saturated rings. The number of carbonyl (C=O) groups is 1. The quantitative estimate of drug-likeness (QED) is 0.770. The molecule has 18 heavy (non-hydrogen) atoms. The van der Waals surface area contributed by atoms with Crippen LogP contribution in [0.25, 0.3) is 0 Å². The number of likely N-dealkylation sites (N-methyl/N-ethyl adjacent to an activating group) is 1. The Kier molecular flexibility index (Phi) is 2.72. The number of hydrogen-bond donors (Lipinski definition) is 1. The van der Waals surface area contributed by atoms with Gasteiger partial charge in [-0.05, 0) is 24.6 Å². The molecule has 2 heterocycles. The van der Waals surface area contributed by atoms with E-state index in [-0.39, 0.29) is 11.9 Å². The Morgan fingerprint density at radius 2 is 2.22 bits per heavy atom. The number of amides is 1. The normalized spacial score (nSPS) is 22.8. The van der Waals surface area contributed by atoms with E-state index in [0.29, 0.717) is 11.6 Å². The molecule has 0 spiro atoms. The van der Waals surface area contributed by atoms with Crippen LogP contribution < -0.4 is 15.1 Å². The van der Waals surface area contributed by atoms with E-state index in [0.717, 1.165) is 30.0 Å². The van der Waals surface area contributed by atoms with Crippen molar-refractivity contribution in [1.29, 1.82) is 0 Å². The van der Waals surface area contributed by atoms with E-state index < -0.39 is 0 Å². The average Bonchev–Trinajstić information content (AvgIpc) is 2.34. The molecule has 1 aromatic carbocycles. The number of carbonyl (C=O) groups excluding carboxylic acids is 1. The lowest BCUT2D eigenvalue weighted by molar-refractivity contribution is -0.119. The van der Waals surface area contributed by atoms with Crippen LogP contribution in [0.4, 0.5) is 11.4 Å². The molecule has 0 radical (unpaired) electrons. The van der Waals surface area contributed by atoms with Gasteiger partial charge < -0.3 is 15.1 Å². The maximum atomic E-state index is 12.2. The van der Waals surface area contributed by atoms with E-state index in [9.17, 15) is 4.79 Å². The van der Waals surface area contributed by atoms with Crippen molar-refractivity contribution in [3.8, 4) is 0 Å². The van der Waals surface area contributed by atoms with Crippen molar-refractivity contribution in [3.63, 3.8) is 0 Å². The smallest absolute Gasteiger partial charge is 0.241 e. The summed E-state index contributed by atoms with van der Waals surface area (Å²) >= 11 is 6.20. The highest BCUT2D eigenvalue weighted by atomic mass is 35.5. The summed E-state index contributed by atoms with van der Waals surface area (Å²) in [6.45, 7) is 4.08. The van der Waals surface area contributed by atoms with Gasteiger partial charge in [0.1, 0.15) is 0 Å². The highest BCUT2D eigenvalue weighted by Crippen LogP contribution is 2.40. The van der Waals surface area contributed by atoms with Crippen molar-refractivity contribution in [1.82, 2.24) is 5.32 Å². The summed E-state index contributed by atoms with van der Waals surface area (Å²) in [4.78, 5) is 16.3. The fourth-order valence-corrected chi connectivity index (χ4v) is 3.02. The van der Waals surface area contributed by atoms with Crippen molar-refractivity contribution in [3.05, 3.63) is 22.7 Å². The minimum absolute atomic E-state index is 0.131. The molecule has 0 bridgehead atoms. The van der Waals surface area contributed by atoms with Gasteiger partial charge in [0.25, 0.3) is 0 Å². The predicted molar refractivity (Wildman–Crippen MR) is 73.6 cm³/mol. The number of nitrogens with zero attached hydrogens (tertiary/aromatic N) is 2. The Morgan fingerprint density at radius 1 is 1.44 bits per heavy atom. The fraction of sp³-hybridized carbons (Fsp3) is 0.462. The number of hydrogen-bond acceptors (Lipinski definition) is 3. The SMILES string of the molecule is Cc1c(Cl)ccc2c1N1C(=O)CNCC1CN2C. The van der Waals surface area contributed by atoms with E-state index in [1.807, 2.05) is 24.0 Å². The molecule has 4 nitrogen and oxygen atoms in total. The summed E-state index contributed by atoms with van der Waals surface area (Å²) in [6.07, 6.45) is 0. The molecule has 0 aliphatic carbocycles. The zero-order chi connectivity index (χ0) is 12.9. The number of fused-ring (bicyclic) bond motifs is 3. The summed E-state index contributed by atoms with van der Waals surface area (Å²) < 4.78 is 0. The van der Waals surface area contributed by atoms with Gasteiger partial charge in [-0.15, -0.1) is 0 Å². The highest BCUT2D eigenvalue weighted by molar-refractivity contribution is 6.32. The second kappa shape index (κ2) is 4.14. The van der Waals surface area contributed by atoms with E-state index >= 15 is 0 Å². The van der Waals surface area contributed by atoms with Crippen molar-refractivity contribution in [2.24, 2.45) is 0 Å². The molecule has 1 unspecified atom stereocenters. The van der Waals surface area contributed by atoms with Gasteiger partial charge in [0.05, 0.1) is 24.0 Å². The number of piperazine rings is 1. The minimum Gasteiger partial charge on any atom is -0.371 e. The van der Waals surface area contributed by atoms with Gasteiger partial charge >= 0.3 is 0 Å². The molecule has 2 aliphatic heterocycles. The van der Waals surface area contributed by atoms with Crippen LogP contribution in [0.3, 0.4) is 0 Å². The largest absolute Gasteiger partial charge is 0.371 e. The first-order chi connectivity index (χ1) is 8.59. The van der Waals surface area contributed by atoms with Gasteiger partial charge in [0.15, 0.2) is 0 Å². The van der Waals surface area contributed by atoms with E-state index in [4.69, 9.17) is 11.6 Å². The molecule has 1 atom stereocenters. The molecule has 0 aromatic heterocycles. The summed E-state index contributed by atoms with van der Waals surface area (Å²) in [5.74, 6) is 0.131. The molecule has 2 aliphatic rings. The van der Waals surface area contributed by atoms with Crippen molar-refractivity contribution in [2.75, 3.05) is 36.5 Å². The molecule has 5 heteroatoms. The zero-order valence-electron chi connectivity index (χ0n) is 10.5. The van der Waals surface area contributed by atoms with Gasteiger partial charge in [-0.2, -0.15) is 0 Å². The van der Waals surface area contributed by atoms with Crippen LogP contribution >= 0.6 is 11.6 Å². The van der Waals surface area contributed by atoms with Crippen LogP contribution in [0.15, 0.2) is 12.1 Å². The van der Waals surface area contributed by atoms with E-state index in [1.54, 1.807) is 0 Å². The zero-order valence-corrected chi connectivity index (χ0v) is 11.3. The molecule has 1 N–H and O–H groups in total. The second-order valence-electron chi connectivity index (χ2n) is 4.97. The minimum atomic E-state index is 0.131. The van der Waals surface area contributed by atoms with E-state index in [1.165, 1.54) is 0 Å². The highest BCUT2D eigenvalue weighted by Gasteiger charge is 2.37. The number of nitrogens with one attached hydrogen (secondary N) is 1. The standard InChI is InChI=1S/C13H16ClN3O/c1-8-10(14)3-4-11-13(8)17-9(7-16(11)2)5-15-6-12(17)18/h3-4,9,15H,5-7H2,1-2H3. The van der Waals surface area contributed by atoms with Crippen LogP contribution in [0, 0.1) is 6.92 Å². The van der Waals surface area contributed by atoms with Gasteiger partial charge in [-0.25, -0.2) is 0 Å². The van der Waals surface area contributed by atoms with Crippen LogP contribution in [-0.2, 0) is 4.79 Å². The van der Waals surface area contributed by atoms with Crippen LogP contribution in [0.1, 0.15) is 5.56 Å². The Hall–Kier alpha value is -1.26. The van der Waals surface area contributed by atoms with Gasteiger partial charge in [0.2, 0.25) is 5.91 Å². The molecule has 3 rings (SSSR count). The maximum Gasteiger partial charge on any atom is 0.241 e. The summed E-state index contributed by atoms with van der Waals surface area (Å²) in [5.41, 5.74) is 3.05. The number of benzene rings is 1. The molecule has 96 valence electrons. The third-order valence-electron chi connectivity index (χ3n) is 3.77. The topological polar surface area (TPSA) is 35.6 Å². The molecule has 0 saturated carbocycles. The Morgan fingerprint density at radius 3 is 3.00 bits per heavy atom. The molecule has 1 aromatic rings. The van der Waals surface area contributed by atoms with E-state index in [2.05, 4.69) is 17.3 Å². The second-order valence-corrected chi connectivity index (χ2v) is 5.38. The summed E-state index contributed by atoms with van der Waals surface area (Å²) in [7, 11) is 2.06. The summed E-state index contributed by atoms with van der Waals surface area (Å²) in [6, 6.07) is 4.09. The first kappa shape index (κ1) is 11.8. The molecular weight excluding hydrogens is 250 g/mol. The Labute approximate surface area is 112 Å². The Bertz CT molecular complexity index is 517. The lowest BCUT2D eigenvalue weighted by Gasteiger charge is -2.45. The molecular formula is C13H16ClN3O. The third-order valence-corrected chi connectivity index (χ3v) is 4.18. The number of halogens is 1. The Balaban J connectivity index is 2.19.